The van der Waals surface area contributed by atoms with E-state index < -0.39 is 0 Å². The maximum Gasteiger partial charge on any atom is 0.306 e. The van der Waals surface area contributed by atoms with Crippen LogP contribution in [0.15, 0.2) is 6.07 Å². The first kappa shape index (κ1) is 54.7. The van der Waals surface area contributed by atoms with E-state index in [2.05, 4.69) is 48.1 Å². The number of rotatable bonds is 45. The second-order valence-electron chi connectivity index (χ2n) is 17.7. The monoisotopic (exact) mass is 832 g/mol. The Balaban J connectivity index is 2.34. The molecule has 0 fully saturated rings. The molecule has 0 aromatic carbocycles. The number of H-pyrrole nitrogens is 1. The molecule has 4 N–H and O–H groups in total. The number of anilines is 2. The molecule has 0 radical (unpaired) electrons. The average molecular weight is 832 g/mol. The van der Waals surface area contributed by atoms with Crippen molar-refractivity contribution in [2.75, 3.05) is 37.2 Å². The topological polar surface area (TPSA) is 123 Å². The smallest absolute Gasteiger partial charge is 0.306 e. The highest BCUT2D eigenvalue weighted by Crippen LogP contribution is 2.19. The fourth-order valence-electron chi connectivity index (χ4n) is 8.11. The number of hydrogen-bond acceptors (Lipinski definition) is 8. The summed E-state index contributed by atoms with van der Waals surface area (Å²) in [5.41, 5.74) is 5.78. The van der Waals surface area contributed by atoms with Crippen molar-refractivity contribution in [3.05, 3.63) is 6.07 Å². The molecule has 0 aliphatic rings. The number of ether oxygens (including phenoxy) is 2. The number of unbranched alkanes of at least 4 members (excludes halogenated alkanes) is 23. The van der Waals surface area contributed by atoms with Crippen LogP contribution in [0, 0.1) is 0 Å². The summed E-state index contributed by atoms with van der Waals surface area (Å²) in [7, 11) is 0. The first-order valence-electron chi connectivity index (χ1n) is 25.6. The summed E-state index contributed by atoms with van der Waals surface area (Å²) < 4.78 is 11.9. The maximum atomic E-state index is 12.9. The molecule has 0 saturated heterocycles. The Labute approximate surface area is 364 Å². The molecular formula is C50H97N5O4. The highest BCUT2D eigenvalue weighted by molar-refractivity contribution is 5.69. The van der Waals surface area contributed by atoms with Crippen LogP contribution in [0.3, 0.4) is 0 Å². The van der Waals surface area contributed by atoms with Crippen LogP contribution in [0.25, 0.3) is 0 Å². The second-order valence-corrected chi connectivity index (χ2v) is 17.7. The first-order chi connectivity index (χ1) is 28.9. The van der Waals surface area contributed by atoms with Crippen LogP contribution in [0.4, 0.5) is 11.6 Å². The van der Waals surface area contributed by atoms with E-state index in [1.807, 2.05) is 6.07 Å². The highest BCUT2D eigenvalue weighted by Gasteiger charge is 2.15. The van der Waals surface area contributed by atoms with Crippen LogP contribution >= 0.6 is 0 Å². The van der Waals surface area contributed by atoms with E-state index >= 15 is 0 Å². The van der Waals surface area contributed by atoms with E-state index in [0.29, 0.717) is 18.7 Å². The molecule has 0 spiro atoms. The number of nitrogen functional groups attached to an aromatic ring is 1. The lowest BCUT2D eigenvalue weighted by atomic mass is 10.0. The van der Waals surface area contributed by atoms with Crippen molar-refractivity contribution in [1.82, 2.24) is 15.1 Å². The van der Waals surface area contributed by atoms with Crippen molar-refractivity contribution < 1.29 is 19.1 Å². The van der Waals surface area contributed by atoms with Gasteiger partial charge in [0.05, 0.1) is 0 Å². The van der Waals surface area contributed by atoms with Gasteiger partial charge in [-0.25, -0.2) is 0 Å². The summed E-state index contributed by atoms with van der Waals surface area (Å²) in [6.45, 7) is 13.1. The molecule has 0 amide bonds. The fraction of sp³-hybridized carbons (Fsp3) is 0.900. The number of aromatic amines is 1. The Bertz CT molecular complexity index is 1050. The van der Waals surface area contributed by atoms with Gasteiger partial charge in [-0.2, -0.15) is 5.10 Å². The van der Waals surface area contributed by atoms with Crippen LogP contribution in [0.1, 0.15) is 252 Å². The predicted molar refractivity (Wildman–Crippen MR) is 252 cm³/mol. The number of carbonyl (C=O) groups is 2. The van der Waals surface area contributed by atoms with Gasteiger partial charge in [-0.05, 0) is 96.7 Å². The van der Waals surface area contributed by atoms with Gasteiger partial charge in [0.2, 0.25) is 0 Å². The molecule has 1 aromatic heterocycles. The SMILES string of the molecule is CCCCCCCCC(CC)OC(=O)CCCCCCCN(CCCCCCCC(=O)OC(CCCCCCCC)CCCCCCCC)CCCNc1cc(N)[nH]n1. The van der Waals surface area contributed by atoms with Gasteiger partial charge in [0.25, 0.3) is 0 Å². The van der Waals surface area contributed by atoms with E-state index in [1.54, 1.807) is 0 Å². The van der Waals surface area contributed by atoms with Crippen molar-refractivity contribution in [2.45, 2.75) is 265 Å². The third-order valence-corrected chi connectivity index (χ3v) is 12.0. The standard InChI is InChI=1S/C50H97N5O4/c1-5-9-12-15-20-27-35-45(8-4)58-49(56)38-30-23-18-25-32-41-55(43-34-40-52-48-44-47(51)53-54-48)42-33-26-19-24-31-39-50(57)59-46(36-28-21-16-13-10-6-2)37-29-22-17-14-11-7-3/h44-46H,5-43H2,1-4H3,(H4,51,52,53,54). The third-order valence-electron chi connectivity index (χ3n) is 12.0. The summed E-state index contributed by atoms with van der Waals surface area (Å²) in [5, 5.41) is 10.4. The molecule has 1 rings (SSSR count). The predicted octanol–water partition coefficient (Wildman–Crippen LogP) is 14.3. The molecule has 0 saturated carbocycles. The normalized spacial score (nSPS) is 12.1. The van der Waals surface area contributed by atoms with Crippen molar-refractivity contribution in [2.24, 2.45) is 0 Å². The molecule has 0 bridgehead atoms. The molecular weight excluding hydrogens is 735 g/mol. The maximum absolute atomic E-state index is 12.9. The van der Waals surface area contributed by atoms with Crippen molar-refractivity contribution in [3.8, 4) is 0 Å². The Hall–Kier alpha value is -2.29. The van der Waals surface area contributed by atoms with E-state index in [-0.39, 0.29) is 24.1 Å². The minimum absolute atomic E-state index is 0.00804. The minimum Gasteiger partial charge on any atom is -0.462 e. The number of carbonyl (C=O) groups excluding carboxylic acids is 2. The summed E-state index contributed by atoms with van der Waals surface area (Å²) in [6.07, 6.45) is 40.5. The van der Waals surface area contributed by atoms with E-state index in [0.717, 1.165) is 89.8 Å². The van der Waals surface area contributed by atoms with E-state index in [4.69, 9.17) is 15.2 Å². The van der Waals surface area contributed by atoms with Crippen LogP contribution in [0.5, 0.6) is 0 Å². The van der Waals surface area contributed by atoms with E-state index in [1.165, 1.54) is 154 Å². The lowest BCUT2D eigenvalue weighted by Crippen LogP contribution is -2.28. The number of nitrogens with two attached hydrogens (primary N) is 1. The van der Waals surface area contributed by atoms with Crippen molar-refractivity contribution in [1.29, 1.82) is 0 Å². The number of nitrogens with one attached hydrogen (secondary N) is 2. The van der Waals surface area contributed by atoms with Crippen LogP contribution in [0.2, 0.25) is 0 Å². The summed E-state index contributed by atoms with van der Waals surface area (Å²) >= 11 is 0. The second kappa shape index (κ2) is 41.1. The Kier molecular flexibility index (Phi) is 38.1. The molecule has 1 unspecified atom stereocenters. The first-order valence-corrected chi connectivity index (χ1v) is 25.6. The number of nitrogens with zero attached hydrogens (tertiary/aromatic N) is 2. The van der Waals surface area contributed by atoms with Gasteiger partial charge < -0.3 is 25.4 Å². The molecule has 1 heterocycles. The Morgan fingerprint density at radius 2 is 0.949 bits per heavy atom. The zero-order chi connectivity index (χ0) is 42.9. The summed E-state index contributed by atoms with van der Waals surface area (Å²) in [6, 6.07) is 1.83. The van der Waals surface area contributed by atoms with Gasteiger partial charge in [0.1, 0.15) is 23.8 Å². The molecule has 1 aromatic rings. The third kappa shape index (κ3) is 35.1. The summed E-state index contributed by atoms with van der Waals surface area (Å²) in [4.78, 5) is 28.0. The lowest BCUT2D eigenvalue weighted by Gasteiger charge is -2.22. The minimum atomic E-state index is -0.00804. The molecule has 0 aliphatic heterocycles. The van der Waals surface area contributed by atoms with Gasteiger partial charge in [-0.3, -0.25) is 14.7 Å². The van der Waals surface area contributed by atoms with Crippen molar-refractivity contribution in [3.63, 3.8) is 0 Å². The van der Waals surface area contributed by atoms with Gasteiger partial charge in [0.15, 0.2) is 0 Å². The van der Waals surface area contributed by atoms with Crippen LogP contribution in [-0.4, -0.2) is 65.4 Å². The quantitative estimate of drug-likeness (QED) is 0.0439. The fourth-order valence-corrected chi connectivity index (χ4v) is 8.11. The molecule has 1 atom stereocenters. The van der Waals surface area contributed by atoms with Gasteiger partial charge in [-0.1, -0.05) is 163 Å². The van der Waals surface area contributed by atoms with Crippen LogP contribution < -0.4 is 11.1 Å². The van der Waals surface area contributed by atoms with Crippen molar-refractivity contribution >= 4 is 23.6 Å². The highest BCUT2D eigenvalue weighted by atomic mass is 16.5. The molecule has 0 aliphatic carbocycles. The number of hydrogen-bond donors (Lipinski definition) is 3. The zero-order valence-corrected chi connectivity index (χ0v) is 39.4. The molecule has 346 valence electrons. The van der Waals surface area contributed by atoms with Crippen LogP contribution in [-0.2, 0) is 19.1 Å². The zero-order valence-electron chi connectivity index (χ0n) is 39.4. The Morgan fingerprint density at radius 3 is 1.39 bits per heavy atom. The molecule has 9 heteroatoms. The Morgan fingerprint density at radius 1 is 0.559 bits per heavy atom. The average Bonchev–Trinajstić information content (AvgIpc) is 3.65. The molecule has 9 nitrogen and oxygen atoms in total. The number of aromatic nitrogens is 2. The van der Waals surface area contributed by atoms with Gasteiger partial charge in [0, 0.05) is 25.5 Å². The summed E-state index contributed by atoms with van der Waals surface area (Å²) in [5.74, 6) is 1.39. The van der Waals surface area contributed by atoms with E-state index in [9.17, 15) is 9.59 Å². The lowest BCUT2D eigenvalue weighted by molar-refractivity contribution is -0.150. The number of esters is 2. The van der Waals surface area contributed by atoms with Gasteiger partial charge >= 0.3 is 11.9 Å². The molecule has 59 heavy (non-hydrogen) atoms. The van der Waals surface area contributed by atoms with Gasteiger partial charge in [-0.15, -0.1) is 0 Å². The largest absolute Gasteiger partial charge is 0.462 e.